The number of Topliss-reactive ketones (excluding diaryl/α,β-unsaturated/α-hetero) is 1. The number of carbonyl (C=O) groups is 1. The zero-order chi connectivity index (χ0) is 27.6. The number of anilines is 2. The van der Waals surface area contributed by atoms with Crippen molar-refractivity contribution in [1.82, 2.24) is 14.9 Å². The van der Waals surface area contributed by atoms with Crippen molar-refractivity contribution in [2.75, 3.05) is 42.8 Å². The van der Waals surface area contributed by atoms with Gasteiger partial charge < -0.3 is 18.9 Å². The van der Waals surface area contributed by atoms with E-state index in [2.05, 4.69) is 19.9 Å². The quantitative estimate of drug-likeness (QED) is 0.281. The summed E-state index contributed by atoms with van der Waals surface area (Å²) in [5, 5.41) is 8.85. The molecular formula is C26H28ClN5O6S. The van der Waals surface area contributed by atoms with Gasteiger partial charge in [-0.1, -0.05) is 17.3 Å². The summed E-state index contributed by atoms with van der Waals surface area (Å²) in [4.78, 5) is 14.1. The number of fused-ring (bicyclic) bond motifs is 1. The molecule has 2 aromatic carbocycles. The molecule has 0 bridgehead atoms. The highest BCUT2D eigenvalue weighted by Crippen LogP contribution is 2.36. The molecule has 1 N–H and O–H groups in total. The summed E-state index contributed by atoms with van der Waals surface area (Å²) < 4.78 is 46.7. The van der Waals surface area contributed by atoms with Gasteiger partial charge in [0.2, 0.25) is 0 Å². The fourth-order valence-corrected chi connectivity index (χ4v) is 6.19. The second-order valence-corrected chi connectivity index (χ2v) is 11.1. The molecule has 2 aromatic heterocycles. The third-order valence-electron chi connectivity index (χ3n) is 6.82. The lowest BCUT2D eigenvalue weighted by Gasteiger charge is -2.31. The fourth-order valence-electron chi connectivity index (χ4n) is 4.79. The highest BCUT2D eigenvalue weighted by atomic mass is 35.5. The Hall–Kier alpha value is -3.77. The van der Waals surface area contributed by atoms with Gasteiger partial charge in [0.15, 0.2) is 17.2 Å². The van der Waals surface area contributed by atoms with E-state index in [0.717, 1.165) is 37.2 Å². The van der Waals surface area contributed by atoms with Crippen molar-refractivity contribution in [3.8, 4) is 11.5 Å². The molecule has 1 fully saturated rings. The lowest BCUT2D eigenvalue weighted by atomic mass is 9.93. The topological polar surface area (TPSA) is 129 Å². The number of ether oxygens (including phenoxy) is 2. The van der Waals surface area contributed by atoms with Crippen LogP contribution in [0, 0.1) is 5.92 Å². The van der Waals surface area contributed by atoms with Gasteiger partial charge in [-0.3, -0.25) is 14.2 Å². The van der Waals surface area contributed by atoms with E-state index in [1.165, 1.54) is 20.3 Å². The van der Waals surface area contributed by atoms with E-state index in [0.29, 0.717) is 23.3 Å². The van der Waals surface area contributed by atoms with Crippen LogP contribution in [0.25, 0.3) is 11.0 Å². The molecule has 0 unspecified atom stereocenters. The predicted octanol–water partition coefficient (Wildman–Crippen LogP) is 3.91. The first-order valence-electron chi connectivity index (χ1n) is 12.3. The molecule has 11 nitrogen and oxygen atoms in total. The minimum absolute atomic E-state index is 0.0109. The highest BCUT2D eigenvalue weighted by molar-refractivity contribution is 7.92. The van der Waals surface area contributed by atoms with Crippen LogP contribution in [0.15, 0.2) is 58.2 Å². The number of halogens is 1. The number of carbonyl (C=O) groups excluding carboxylic acids is 1. The van der Waals surface area contributed by atoms with Crippen molar-refractivity contribution in [2.45, 2.75) is 24.3 Å². The Bertz CT molecular complexity index is 1590. The Morgan fingerprint density at radius 3 is 2.62 bits per heavy atom. The first-order chi connectivity index (χ1) is 18.8. The number of nitrogens with one attached hydrogen (secondary N) is 1. The van der Waals surface area contributed by atoms with Crippen molar-refractivity contribution < 1.29 is 27.2 Å². The summed E-state index contributed by atoms with van der Waals surface area (Å²) >= 11 is 5.71. The standard InChI is InChI=1S/C26H28ClN5O6S/c1-36-21-5-3-4-6-24(21)39(34,35)30-26-25-22(37-2)11-17(12-23(25)38-29-26)15-32-16-19(14-28-32)31-9-7-18(8-10-31)20(33)13-27/h3-6,11-12,14,16,18H,7-10,13,15H2,1-2H3,(H,29,30). The molecule has 0 radical (unpaired) electrons. The molecule has 0 spiro atoms. The van der Waals surface area contributed by atoms with Crippen LogP contribution in [0.4, 0.5) is 11.5 Å². The average molecular weight is 574 g/mol. The van der Waals surface area contributed by atoms with Crippen molar-refractivity contribution in [2.24, 2.45) is 5.92 Å². The fraction of sp³-hybridized carbons (Fsp3) is 0.346. The number of sulfonamides is 1. The van der Waals surface area contributed by atoms with E-state index >= 15 is 0 Å². The average Bonchev–Trinajstić information content (AvgIpc) is 3.59. The summed E-state index contributed by atoms with van der Waals surface area (Å²) in [6.45, 7) is 1.96. The van der Waals surface area contributed by atoms with Crippen LogP contribution in [-0.4, -0.2) is 62.3 Å². The second-order valence-electron chi connectivity index (χ2n) is 9.22. The van der Waals surface area contributed by atoms with Gasteiger partial charge in [0.1, 0.15) is 21.8 Å². The smallest absolute Gasteiger partial charge is 0.266 e. The summed E-state index contributed by atoms with van der Waals surface area (Å²) in [7, 11) is -1.12. The maximum absolute atomic E-state index is 13.1. The highest BCUT2D eigenvalue weighted by Gasteiger charge is 2.26. The van der Waals surface area contributed by atoms with Gasteiger partial charge in [-0.2, -0.15) is 5.10 Å². The number of aromatic nitrogens is 3. The van der Waals surface area contributed by atoms with Crippen molar-refractivity contribution >= 4 is 49.9 Å². The number of hydrogen-bond donors (Lipinski definition) is 1. The van der Waals surface area contributed by atoms with E-state index in [1.54, 1.807) is 41.2 Å². The maximum atomic E-state index is 13.1. The van der Waals surface area contributed by atoms with Gasteiger partial charge in [-0.15, -0.1) is 11.6 Å². The number of nitrogens with zero attached hydrogens (tertiary/aromatic N) is 4. The third kappa shape index (κ3) is 5.52. The van der Waals surface area contributed by atoms with Crippen molar-refractivity contribution in [3.05, 3.63) is 54.4 Å². The number of piperidine rings is 1. The summed E-state index contributed by atoms with van der Waals surface area (Å²) in [5.41, 5.74) is 2.17. The van der Waals surface area contributed by atoms with Gasteiger partial charge in [0.25, 0.3) is 10.0 Å². The molecule has 39 heavy (non-hydrogen) atoms. The number of rotatable bonds is 10. The molecule has 13 heteroatoms. The predicted molar refractivity (Wildman–Crippen MR) is 146 cm³/mol. The normalized spacial score (nSPS) is 14.5. The monoisotopic (exact) mass is 573 g/mol. The van der Waals surface area contributed by atoms with Crippen LogP contribution < -0.4 is 19.1 Å². The van der Waals surface area contributed by atoms with E-state index in [9.17, 15) is 13.2 Å². The summed E-state index contributed by atoms with van der Waals surface area (Å²) in [5.74, 6) is 0.824. The molecular weight excluding hydrogens is 546 g/mol. The van der Waals surface area contributed by atoms with E-state index in [1.807, 2.05) is 6.20 Å². The van der Waals surface area contributed by atoms with Crippen LogP contribution >= 0.6 is 11.6 Å². The molecule has 5 rings (SSSR count). The first kappa shape index (κ1) is 26.8. The van der Waals surface area contributed by atoms with Crippen LogP contribution in [0.5, 0.6) is 11.5 Å². The third-order valence-corrected chi connectivity index (χ3v) is 8.46. The van der Waals surface area contributed by atoms with Gasteiger partial charge in [-0.05, 0) is 42.7 Å². The lowest BCUT2D eigenvalue weighted by molar-refractivity contribution is -0.120. The molecule has 206 valence electrons. The lowest BCUT2D eigenvalue weighted by Crippen LogP contribution is -2.36. The zero-order valence-electron chi connectivity index (χ0n) is 21.5. The van der Waals surface area contributed by atoms with Gasteiger partial charge in [0, 0.05) is 25.2 Å². The Labute approximate surface area is 230 Å². The summed E-state index contributed by atoms with van der Waals surface area (Å²) in [6, 6.07) is 9.87. The molecule has 1 aliphatic rings. The Balaban J connectivity index is 1.34. The van der Waals surface area contributed by atoms with Crippen LogP contribution in [0.1, 0.15) is 18.4 Å². The van der Waals surface area contributed by atoms with Gasteiger partial charge >= 0.3 is 0 Å². The van der Waals surface area contributed by atoms with E-state index in [4.69, 9.17) is 25.6 Å². The van der Waals surface area contributed by atoms with Crippen LogP contribution in [0.2, 0.25) is 0 Å². The zero-order valence-corrected chi connectivity index (χ0v) is 23.0. The second kappa shape index (κ2) is 11.1. The van der Waals surface area contributed by atoms with Crippen LogP contribution in [0.3, 0.4) is 0 Å². The van der Waals surface area contributed by atoms with Crippen molar-refractivity contribution in [3.63, 3.8) is 0 Å². The molecule has 3 heterocycles. The van der Waals surface area contributed by atoms with E-state index < -0.39 is 10.0 Å². The number of ketones is 1. The Morgan fingerprint density at radius 1 is 1.15 bits per heavy atom. The van der Waals surface area contributed by atoms with Gasteiger partial charge in [-0.25, -0.2) is 8.42 Å². The van der Waals surface area contributed by atoms with Crippen LogP contribution in [-0.2, 0) is 21.4 Å². The van der Waals surface area contributed by atoms with Gasteiger partial charge in [0.05, 0.1) is 38.5 Å². The number of benzene rings is 2. The number of alkyl halides is 1. The molecule has 0 aliphatic carbocycles. The molecule has 1 saturated heterocycles. The molecule has 0 atom stereocenters. The molecule has 4 aromatic rings. The summed E-state index contributed by atoms with van der Waals surface area (Å²) in [6.07, 6.45) is 5.31. The minimum Gasteiger partial charge on any atom is -0.496 e. The minimum atomic E-state index is -4.02. The molecule has 0 saturated carbocycles. The maximum Gasteiger partial charge on any atom is 0.266 e. The first-order valence-corrected chi connectivity index (χ1v) is 14.3. The Kier molecular flexibility index (Phi) is 7.67. The number of hydrogen-bond acceptors (Lipinski definition) is 9. The SMILES string of the molecule is COc1ccccc1S(=O)(=O)Nc1noc2cc(Cn3cc(N4CCC(C(=O)CCl)CC4)cn3)cc(OC)c12. The molecule has 0 amide bonds. The number of para-hydroxylation sites is 1. The number of methoxy groups -OCH3 is 2. The van der Waals surface area contributed by atoms with E-state index in [-0.39, 0.29) is 34.0 Å². The Morgan fingerprint density at radius 2 is 1.90 bits per heavy atom. The molecule has 1 aliphatic heterocycles. The largest absolute Gasteiger partial charge is 0.496 e. The van der Waals surface area contributed by atoms with Crippen molar-refractivity contribution in [1.29, 1.82) is 0 Å².